The first kappa shape index (κ1) is 17.2. The zero-order valence-electron chi connectivity index (χ0n) is 14.6. The predicted octanol–water partition coefficient (Wildman–Crippen LogP) is 2.93. The Bertz CT molecular complexity index is 483. The molecule has 22 heavy (non-hydrogen) atoms. The van der Waals surface area contributed by atoms with Gasteiger partial charge in [0.2, 0.25) is 0 Å². The Balaban J connectivity index is 2.26. The molecule has 1 aromatic rings. The van der Waals surface area contributed by atoms with E-state index in [4.69, 9.17) is 14.5 Å². The Morgan fingerprint density at radius 2 is 2.09 bits per heavy atom. The highest BCUT2D eigenvalue weighted by Gasteiger charge is 2.24. The second-order valence-corrected chi connectivity index (χ2v) is 6.89. The van der Waals surface area contributed by atoms with Crippen LogP contribution >= 0.6 is 0 Å². The Labute approximate surface area is 134 Å². The molecule has 124 valence electrons. The number of piperidine rings is 1. The van der Waals surface area contributed by atoms with Gasteiger partial charge in [-0.15, -0.1) is 0 Å². The molecule has 0 bridgehead atoms. The molecule has 0 aliphatic carbocycles. The standard InChI is InChI=1S/C17H29N3O2/c1-6-22-14-8-7-9-20(11-14)15-10-13(12-21-5)18-16(19-15)17(2,3)4/h10,14H,6-9,11-12H2,1-5H3/t14-/m0/s1. The summed E-state index contributed by atoms with van der Waals surface area (Å²) < 4.78 is 11.1. The van der Waals surface area contributed by atoms with Crippen molar-refractivity contribution >= 4 is 5.82 Å². The maximum atomic E-state index is 5.80. The van der Waals surface area contributed by atoms with Crippen LogP contribution in [0.3, 0.4) is 0 Å². The summed E-state index contributed by atoms with van der Waals surface area (Å²) in [7, 11) is 1.70. The van der Waals surface area contributed by atoms with Crippen LogP contribution in [0, 0.1) is 0 Å². The molecule has 0 N–H and O–H groups in total. The third kappa shape index (κ3) is 4.40. The topological polar surface area (TPSA) is 47.5 Å². The van der Waals surface area contributed by atoms with Crippen LogP contribution in [0.1, 0.15) is 52.1 Å². The summed E-state index contributed by atoms with van der Waals surface area (Å²) in [6.07, 6.45) is 2.57. The lowest BCUT2D eigenvalue weighted by Gasteiger charge is -2.34. The molecule has 2 rings (SSSR count). The van der Waals surface area contributed by atoms with E-state index < -0.39 is 0 Å². The van der Waals surface area contributed by atoms with Crippen molar-refractivity contribution in [3.63, 3.8) is 0 Å². The normalized spacial score (nSPS) is 19.5. The summed E-state index contributed by atoms with van der Waals surface area (Å²) in [6.45, 7) is 11.7. The van der Waals surface area contributed by atoms with Gasteiger partial charge in [-0.1, -0.05) is 20.8 Å². The lowest BCUT2D eigenvalue weighted by Crippen LogP contribution is -2.40. The minimum atomic E-state index is -0.0758. The Morgan fingerprint density at radius 3 is 2.73 bits per heavy atom. The van der Waals surface area contributed by atoms with Crippen molar-refractivity contribution in [2.24, 2.45) is 0 Å². The lowest BCUT2D eigenvalue weighted by molar-refractivity contribution is 0.0525. The Hall–Kier alpha value is -1.20. The van der Waals surface area contributed by atoms with E-state index in [9.17, 15) is 0 Å². The first-order valence-electron chi connectivity index (χ1n) is 8.18. The smallest absolute Gasteiger partial charge is 0.136 e. The van der Waals surface area contributed by atoms with Crippen LogP contribution in [-0.2, 0) is 21.5 Å². The Kier molecular flexibility index (Phi) is 5.75. The molecule has 1 aliphatic rings. The molecular formula is C17H29N3O2. The van der Waals surface area contributed by atoms with Crippen molar-refractivity contribution in [3.05, 3.63) is 17.6 Å². The van der Waals surface area contributed by atoms with Crippen LogP contribution in [0.15, 0.2) is 6.07 Å². The van der Waals surface area contributed by atoms with Gasteiger partial charge in [-0.3, -0.25) is 0 Å². The number of aromatic nitrogens is 2. The third-order valence-corrected chi connectivity index (χ3v) is 3.83. The molecule has 1 aromatic heterocycles. The van der Waals surface area contributed by atoms with Crippen molar-refractivity contribution in [1.29, 1.82) is 0 Å². The maximum absolute atomic E-state index is 5.80. The van der Waals surface area contributed by atoms with E-state index in [1.807, 2.05) is 6.07 Å². The van der Waals surface area contributed by atoms with Crippen LogP contribution in [-0.4, -0.2) is 42.9 Å². The lowest BCUT2D eigenvalue weighted by atomic mass is 9.95. The fraction of sp³-hybridized carbons (Fsp3) is 0.765. The van der Waals surface area contributed by atoms with Crippen molar-refractivity contribution in [2.45, 2.75) is 58.7 Å². The maximum Gasteiger partial charge on any atom is 0.136 e. The minimum Gasteiger partial charge on any atom is -0.378 e. The van der Waals surface area contributed by atoms with Crippen LogP contribution in [0.2, 0.25) is 0 Å². The van der Waals surface area contributed by atoms with Crippen LogP contribution < -0.4 is 4.90 Å². The molecule has 0 unspecified atom stereocenters. The average molecular weight is 307 g/mol. The van der Waals surface area contributed by atoms with Gasteiger partial charge in [0.05, 0.1) is 18.4 Å². The monoisotopic (exact) mass is 307 g/mol. The van der Waals surface area contributed by atoms with E-state index >= 15 is 0 Å². The molecule has 5 heteroatoms. The highest BCUT2D eigenvalue weighted by molar-refractivity contribution is 5.41. The summed E-state index contributed by atoms with van der Waals surface area (Å²) in [4.78, 5) is 11.8. The molecule has 1 aliphatic heterocycles. The fourth-order valence-electron chi connectivity index (χ4n) is 2.72. The molecular weight excluding hydrogens is 278 g/mol. The Morgan fingerprint density at radius 1 is 1.32 bits per heavy atom. The zero-order chi connectivity index (χ0) is 16.2. The second-order valence-electron chi connectivity index (χ2n) is 6.89. The number of ether oxygens (including phenoxy) is 2. The van der Waals surface area contributed by atoms with E-state index in [1.54, 1.807) is 7.11 Å². The molecule has 0 aromatic carbocycles. The summed E-state index contributed by atoms with van der Waals surface area (Å²) in [5.74, 6) is 1.87. The molecule has 0 saturated carbocycles. The van der Waals surface area contributed by atoms with Gasteiger partial charge in [0.15, 0.2) is 0 Å². The van der Waals surface area contributed by atoms with Gasteiger partial charge in [-0.2, -0.15) is 0 Å². The largest absolute Gasteiger partial charge is 0.378 e. The van der Waals surface area contributed by atoms with Crippen molar-refractivity contribution in [2.75, 3.05) is 31.7 Å². The van der Waals surface area contributed by atoms with E-state index in [1.165, 1.54) is 0 Å². The minimum absolute atomic E-state index is 0.0758. The van der Waals surface area contributed by atoms with Crippen LogP contribution in [0.5, 0.6) is 0 Å². The van der Waals surface area contributed by atoms with E-state index in [0.717, 1.165) is 49.9 Å². The van der Waals surface area contributed by atoms with Gasteiger partial charge >= 0.3 is 0 Å². The summed E-state index contributed by atoms with van der Waals surface area (Å²) in [5.41, 5.74) is 0.865. The average Bonchev–Trinajstić information content (AvgIpc) is 2.47. The summed E-state index contributed by atoms with van der Waals surface area (Å²) >= 11 is 0. The SMILES string of the molecule is CCO[C@H]1CCCN(c2cc(COC)nc(C(C)(C)C)n2)C1. The van der Waals surface area contributed by atoms with E-state index in [2.05, 4.69) is 37.6 Å². The quantitative estimate of drug-likeness (QED) is 0.837. The van der Waals surface area contributed by atoms with Crippen molar-refractivity contribution in [1.82, 2.24) is 9.97 Å². The van der Waals surface area contributed by atoms with Gasteiger partial charge in [0, 0.05) is 38.3 Å². The third-order valence-electron chi connectivity index (χ3n) is 3.83. The first-order valence-corrected chi connectivity index (χ1v) is 8.18. The molecule has 1 fully saturated rings. The fourth-order valence-corrected chi connectivity index (χ4v) is 2.72. The zero-order valence-corrected chi connectivity index (χ0v) is 14.6. The molecule has 0 radical (unpaired) electrons. The molecule has 5 nitrogen and oxygen atoms in total. The van der Waals surface area contributed by atoms with Gasteiger partial charge in [0.1, 0.15) is 11.6 Å². The predicted molar refractivity (Wildman–Crippen MR) is 88.3 cm³/mol. The van der Waals surface area contributed by atoms with E-state index in [0.29, 0.717) is 12.7 Å². The molecule has 0 spiro atoms. The highest BCUT2D eigenvalue weighted by Crippen LogP contribution is 2.25. The first-order chi connectivity index (χ1) is 10.4. The van der Waals surface area contributed by atoms with Gasteiger partial charge in [-0.25, -0.2) is 9.97 Å². The van der Waals surface area contributed by atoms with E-state index in [-0.39, 0.29) is 5.41 Å². The highest BCUT2D eigenvalue weighted by atomic mass is 16.5. The van der Waals surface area contributed by atoms with Crippen molar-refractivity contribution < 1.29 is 9.47 Å². The van der Waals surface area contributed by atoms with Gasteiger partial charge < -0.3 is 14.4 Å². The number of nitrogens with zero attached hydrogens (tertiary/aromatic N) is 3. The summed E-state index contributed by atoms with van der Waals surface area (Å²) in [6, 6.07) is 2.05. The number of rotatable bonds is 5. The van der Waals surface area contributed by atoms with Gasteiger partial charge in [0.25, 0.3) is 0 Å². The number of hydrogen-bond acceptors (Lipinski definition) is 5. The molecule has 2 heterocycles. The number of methoxy groups -OCH3 is 1. The van der Waals surface area contributed by atoms with Gasteiger partial charge in [-0.05, 0) is 19.8 Å². The van der Waals surface area contributed by atoms with Crippen molar-refractivity contribution in [3.8, 4) is 0 Å². The number of hydrogen-bond donors (Lipinski definition) is 0. The molecule has 0 amide bonds. The van der Waals surface area contributed by atoms with Crippen LogP contribution in [0.25, 0.3) is 0 Å². The summed E-state index contributed by atoms with van der Waals surface area (Å²) in [5, 5.41) is 0. The molecule has 1 saturated heterocycles. The molecule has 1 atom stereocenters. The second kappa shape index (κ2) is 7.38. The van der Waals surface area contributed by atoms with Crippen LogP contribution in [0.4, 0.5) is 5.82 Å². The number of anilines is 1.